The van der Waals surface area contributed by atoms with Crippen molar-refractivity contribution in [2.24, 2.45) is 0 Å². The van der Waals surface area contributed by atoms with Crippen LogP contribution in [0.4, 0.5) is 0 Å². The summed E-state index contributed by atoms with van der Waals surface area (Å²) in [5, 5.41) is 3.94. The number of para-hydroxylation sites is 3. The van der Waals surface area contributed by atoms with Crippen molar-refractivity contribution in [2.45, 2.75) is 26.6 Å². The van der Waals surface area contributed by atoms with Crippen molar-refractivity contribution in [3.63, 3.8) is 0 Å². The lowest BCUT2D eigenvalue weighted by Gasteiger charge is -2.18. The molecule has 0 fully saturated rings. The molecule has 8 nitrogen and oxygen atoms in total. The molecule has 0 saturated heterocycles. The zero-order valence-electron chi connectivity index (χ0n) is 20.1. The molecule has 1 N–H and O–H groups in total. The van der Waals surface area contributed by atoms with Crippen molar-refractivity contribution < 1.29 is 14.0 Å². The molecule has 3 aromatic carbocycles. The zero-order valence-corrected chi connectivity index (χ0v) is 20.1. The predicted molar refractivity (Wildman–Crippen MR) is 136 cm³/mol. The maximum atomic E-state index is 11.7. The molecule has 2 aromatic heterocycles. The summed E-state index contributed by atoms with van der Waals surface area (Å²) in [5.41, 5.74) is 7.50. The van der Waals surface area contributed by atoms with Gasteiger partial charge in [-0.15, -0.1) is 0 Å². The Morgan fingerprint density at radius 1 is 1.08 bits per heavy atom. The second-order valence-corrected chi connectivity index (χ2v) is 8.76. The topological polar surface area (TPSA) is 95.2 Å². The van der Waals surface area contributed by atoms with Gasteiger partial charge in [0.2, 0.25) is 0 Å². The first-order chi connectivity index (χ1) is 17.5. The van der Waals surface area contributed by atoms with E-state index >= 15 is 0 Å². The summed E-state index contributed by atoms with van der Waals surface area (Å²) in [4.78, 5) is 19.2. The minimum Gasteiger partial charge on any atom is -0.485 e. The molecule has 1 aliphatic heterocycles. The van der Waals surface area contributed by atoms with Gasteiger partial charge in [0.1, 0.15) is 24.3 Å². The van der Waals surface area contributed by atoms with Gasteiger partial charge >= 0.3 is 5.76 Å². The fraction of sp³-hybridized carbons (Fsp3) is 0.179. The average molecular weight is 481 g/mol. The molecular formula is C28H24N4O4. The van der Waals surface area contributed by atoms with Crippen molar-refractivity contribution in [3.05, 3.63) is 106 Å². The maximum Gasteiger partial charge on any atom is 0.439 e. The smallest absolute Gasteiger partial charge is 0.439 e. The van der Waals surface area contributed by atoms with Crippen LogP contribution < -0.4 is 10.5 Å². The minimum absolute atomic E-state index is 0.233. The van der Waals surface area contributed by atoms with Gasteiger partial charge in [-0.2, -0.15) is 0 Å². The van der Waals surface area contributed by atoms with Crippen molar-refractivity contribution in [2.75, 3.05) is 7.11 Å². The zero-order chi connectivity index (χ0) is 24.8. The number of hydrogen-bond donors (Lipinski definition) is 1. The second kappa shape index (κ2) is 8.66. The Morgan fingerprint density at radius 3 is 2.69 bits per heavy atom. The number of imidazole rings is 1. The first-order valence-corrected chi connectivity index (χ1v) is 11.7. The first kappa shape index (κ1) is 22.1. The molecule has 8 heteroatoms. The Morgan fingerprint density at radius 2 is 1.89 bits per heavy atom. The summed E-state index contributed by atoms with van der Waals surface area (Å²) in [6, 6.07) is 22.2. The lowest BCUT2D eigenvalue weighted by Crippen LogP contribution is -2.07. The quantitative estimate of drug-likeness (QED) is 0.376. The van der Waals surface area contributed by atoms with E-state index in [1.165, 1.54) is 0 Å². The fourth-order valence-electron chi connectivity index (χ4n) is 4.93. The summed E-state index contributed by atoms with van der Waals surface area (Å²) in [6.07, 6.45) is -0.233. The molecule has 1 atom stereocenters. The summed E-state index contributed by atoms with van der Waals surface area (Å²) >= 11 is 0. The summed E-state index contributed by atoms with van der Waals surface area (Å²) < 4.78 is 18.8. The Kier molecular flexibility index (Phi) is 5.30. The van der Waals surface area contributed by atoms with Crippen LogP contribution in [-0.4, -0.2) is 26.8 Å². The van der Waals surface area contributed by atoms with Crippen LogP contribution >= 0.6 is 0 Å². The van der Waals surface area contributed by atoms with Gasteiger partial charge in [0.05, 0.1) is 11.0 Å². The van der Waals surface area contributed by atoms with Gasteiger partial charge in [-0.1, -0.05) is 41.6 Å². The molecule has 3 heterocycles. The number of rotatable bonds is 4. The number of fused-ring (bicyclic) bond motifs is 3. The van der Waals surface area contributed by atoms with E-state index in [0.29, 0.717) is 12.4 Å². The molecule has 6 rings (SSSR count). The summed E-state index contributed by atoms with van der Waals surface area (Å²) in [6.45, 7) is 4.35. The van der Waals surface area contributed by atoms with Gasteiger partial charge in [-0.05, 0) is 55.3 Å². The monoisotopic (exact) mass is 480 g/mol. The van der Waals surface area contributed by atoms with E-state index < -0.39 is 5.76 Å². The number of aromatic nitrogens is 4. The third-order valence-corrected chi connectivity index (χ3v) is 6.54. The van der Waals surface area contributed by atoms with Gasteiger partial charge in [-0.25, -0.2) is 9.78 Å². The second-order valence-electron chi connectivity index (χ2n) is 8.76. The Balaban J connectivity index is 1.61. The Labute approximate surface area is 206 Å². The molecule has 0 radical (unpaired) electrons. The largest absolute Gasteiger partial charge is 0.485 e. The van der Waals surface area contributed by atoms with Crippen molar-refractivity contribution in [3.8, 4) is 11.4 Å². The van der Waals surface area contributed by atoms with E-state index in [1.807, 2.05) is 56.3 Å². The molecule has 0 spiro atoms. The SMILES string of the molecule is COCc1nc2ccccc2n1-c1ccc2c(c1)C(C)Oc1ccccc1/C2=C(\C)c1noc(=O)[nH]1. The van der Waals surface area contributed by atoms with E-state index in [4.69, 9.17) is 19.0 Å². The van der Waals surface area contributed by atoms with Crippen LogP contribution in [0, 0.1) is 0 Å². The van der Waals surface area contributed by atoms with E-state index in [2.05, 4.69) is 39.0 Å². The molecule has 1 unspecified atom stereocenters. The van der Waals surface area contributed by atoms with Crippen LogP contribution in [0.1, 0.15) is 48.3 Å². The molecule has 1 aliphatic rings. The molecule has 36 heavy (non-hydrogen) atoms. The third-order valence-electron chi connectivity index (χ3n) is 6.54. The van der Waals surface area contributed by atoms with Gasteiger partial charge in [-0.3, -0.25) is 14.1 Å². The number of allylic oxidation sites excluding steroid dienone is 1. The van der Waals surface area contributed by atoms with Crippen LogP contribution in [-0.2, 0) is 11.3 Å². The number of H-pyrrole nitrogens is 1. The Bertz CT molecular complexity index is 1690. The van der Waals surface area contributed by atoms with E-state index in [1.54, 1.807) is 7.11 Å². The third kappa shape index (κ3) is 3.54. The van der Waals surface area contributed by atoms with Gasteiger partial charge in [0.25, 0.3) is 0 Å². The van der Waals surface area contributed by atoms with E-state index in [9.17, 15) is 4.79 Å². The van der Waals surface area contributed by atoms with Crippen LogP contribution in [0.2, 0.25) is 0 Å². The highest BCUT2D eigenvalue weighted by Gasteiger charge is 2.27. The molecule has 5 aromatic rings. The van der Waals surface area contributed by atoms with Crippen molar-refractivity contribution >= 4 is 22.2 Å². The van der Waals surface area contributed by atoms with Crippen LogP contribution in [0.25, 0.3) is 27.9 Å². The maximum absolute atomic E-state index is 11.7. The highest BCUT2D eigenvalue weighted by Crippen LogP contribution is 2.44. The molecule has 0 saturated carbocycles. The van der Waals surface area contributed by atoms with Crippen molar-refractivity contribution in [1.29, 1.82) is 0 Å². The van der Waals surface area contributed by atoms with E-state index in [-0.39, 0.29) is 6.10 Å². The molecule has 0 bridgehead atoms. The highest BCUT2D eigenvalue weighted by atomic mass is 16.5. The number of benzene rings is 3. The fourth-order valence-corrected chi connectivity index (χ4v) is 4.93. The number of aromatic amines is 1. The standard InChI is InChI=1S/C28H24N4O4/c1-16(27-30-28(33)36-31-27)26-19-13-12-18(14-21(19)17(2)35-24-11-7-4-8-20(24)26)32-23-10-6-5-9-22(23)29-25(32)15-34-3/h4-14,17H,15H2,1-3H3,(H,30,31,33)/b26-16+. The normalized spacial score (nSPS) is 16.2. The van der Waals surface area contributed by atoms with Crippen LogP contribution in [0.5, 0.6) is 5.75 Å². The molecule has 0 amide bonds. The van der Waals surface area contributed by atoms with Crippen molar-refractivity contribution in [1.82, 2.24) is 19.7 Å². The summed E-state index contributed by atoms with van der Waals surface area (Å²) in [5.74, 6) is 1.37. The van der Waals surface area contributed by atoms with Gasteiger partial charge in [0, 0.05) is 29.5 Å². The predicted octanol–water partition coefficient (Wildman–Crippen LogP) is 5.28. The highest BCUT2D eigenvalue weighted by molar-refractivity contribution is 5.99. The van der Waals surface area contributed by atoms with E-state index in [0.717, 1.165) is 56.1 Å². The number of nitrogens with one attached hydrogen (secondary N) is 1. The van der Waals surface area contributed by atoms with Gasteiger partial charge in [0.15, 0.2) is 5.82 Å². The van der Waals surface area contributed by atoms with Gasteiger partial charge < -0.3 is 9.47 Å². The number of methoxy groups -OCH3 is 1. The first-order valence-electron chi connectivity index (χ1n) is 11.7. The average Bonchev–Trinajstić information content (AvgIpc) is 3.45. The Hall–Kier alpha value is -4.43. The molecule has 0 aliphatic carbocycles. The lowest BCUT2D eigenvalue weighted by atomic mass is 9.89. The number of ether oxygens (including phenoxy) is 2. The van der Waals surface area contributed by atoms with Crippen LogP contribution in [0.15, 0.2) is 76.0 Å². The molecular weight excluding hydrogens is 456 g/mol. The summed E-state index contributed by atoms with van der Waals surface area (Å²) in [7, 11) is 1.67. The lowest BCUT2D eigenvalue weighted by molar-refractivity contribution is 0.177. The molecule has 180 valence electrons. The number of hydrogen-bond acceptors (Lipinski definition) is 6. The van der Waals surface area contributed by atoms with Crippen LogP contribution in [0.3, 0.4) is 0 Å². The minimum atomic E-state index is -0.593. The number of nitrogens with zero attached hydrogens (tertiary/aromatic N) is 3.